The van der Waals surface area contributed by atoms with Crippen LogP contribution in [0.5, 0.6) is 0 Å². The summed E-state index contributed by atoms with van der Waals surface area (Å²) in [4.78, 5) is 26.1. The number of halogens is 1. The quantitative estimate of drug-likeness (QED) is 0.726. The van der Waals surface area contributed by atoms with Gasteiger partial charge in [0, 0.05) is 56.2 Å². The van der Waals surface area contributed by atoms with Crippen LogP contribution in [-0.2, 0) is 22.6 Å². The van der Waals surface area contributed by atoms with Crippen LogP contribution in [0.25, 0.3) is 0 Å². The molecule has 1 saturated carbocycles. The number of hydrogen-bond acceptors (Lipinski definition) is 5. The van der Waals surface area contributed by atoms with Gasteiger partial charge in [0.25, 0.3) is 0 Å². The molecule has 0 N–H and O–H groups in total. The minimum absolute atomic E-state index is 0.275. The second-order valence-electron chi connectivity index (χ2n) is 7.84. The van der Waals surface area contributed by atoms with Gasteiger partial charge in [0.2, 0.25) is 5.91 Å². The molecular weight excluding hydrogens is 388 g/mol. The van der Waals surface area contributed by atoms with E-state index in [0.29, 0.717) is 18.9 Å². The Morgan fingerprint density at radius 1 is 1.14 bits per heavy atom. The molecular formula is C22H27ClN4O2. The number of aromatic nitrogens is 2. The number of carbonyl (C=O) groups is 1. The number of piperazine rings is 1. The van der Waals surface area contributed by atoms with Crippen molar-refractivity contribution in [1.82, 2.24) is 14.9 Å². The molecule has 4 rings (SSSR count). The highest BCUT2D eigenvalue weighted by Gasteiger charge is 2.35. The number of benzene rings is 1. The van der Waals surface area contributed by atoms with Gasteiger partial charge in [-0.2, -0.15) is 0 Å². The highest BCUT2D eigenvalue weighted by atomic mass is 35.5. The molecule has 2 heterocycles. The Labute approximate surface area is 176 Å². The SMILES string of the molecule is COCc1nc(C)nc(N2CCN(C(=O)C3CC3)CC2)c1Cc1ccc(Cl)cc1. The molecule has 6 nitrogen and oxygen atoms in total. The summed E-state index contributed by atoms with van der Waals surface area (Å²) < 4.78 is 5.42. The first-order chi connectivity index (χ1) is 14.0. The average molecular weight is 415 g/mol. The fourth-order valence-corrected chi connectivity index (χ4v) is 4.00. The zero-order chi connectivity index (χ0) is 20.4. The van der Waals surface area contributed by atoms with Crippen LogP contribution in [0.15, 0.2) is 24.3 Å². The fraction of sp³-hybridized carbons (Fsp3) is 0.500. The van der Waals surface area contributed by atoms with Crippen LogP contribution in [0.1, 0.15) is 35.5 Å². The van der Waals surface area contributed by atoms with Crippen molar-refractivity contribution in [1.29, 1.82) is 0 Å². The number of amides is 1. The maximum Gasteiger partial charge on any atom is 0.225 e. The molecule has 1 aromatic heterocycles. The summed E-state index contributed by atoms with van der Waals surface area (Å²) in [5.74, 6) is 2.29. The Balaban J connectivity index is 1.59. The average Bonchev–Trinajstić information content (AvgIpc) is 3.56. The van der Waals surface area contributed by atoms with E-state index in [1.54, 1.807) is 7.11 Å². The van der Waals surface area contributed by atoms with E-state index in [9.17, 15) is 4.79 Å². The Morgan fingerprint density at radius 3 is 2.45 bits per heavy atom. The number of ether oxygens (including phenoxy) is 1. The molecule has 1 saturated heterocycles. The number of rotatable bonds is 6. The number of hydrogen-bond donors (Lipinski definition) is 0. The second kappa shape index (κ2) is 8.67. The van der Waals surface area contributed by atoms with E-state index in [4.69, 9.17) is 21.3 Å². The van der Waals surface area contributed by atoms with Gasteiger partial charge in [0.15, 0.2) is 0 Å². The lowest BCUT2D eigenvalue weighted by Crippen LogP contribution is -2.49. The molecule has 2 aromatic rings. The van der Waals surface area contributed by atoms with Crippen molar-refractivity contribution < 1.29 is 9.53 Å². The number of aryl methyl sites for hydroxylation is 1. The maximum atomic E-state index is 12.4. The second-order valence-corrected chi connectivity index (χ2v) is 8.28. The molecule has 0 atom stereocenters. The van der Waals surface area contributed by atoms with Crippen molar-refractivity contribution in [2.75, 3.05) is 38.2 Å². The van der Waals surface area contributed by atoms with Crippen molar-refractivity contribution in [3.63, 3.8) is 0 Å². The maximum absolute atomic E-state index is 12.4. The van der Waals surface area contributed by atoms with Gasteiger partial charge >= 0.3 is 0 Å². The van der Waals surface area contributed by atoms with E-state index in [1.165, 1.54) is 0 Å². The first kappa shape index (κ1) is 20.1. The Bertz CT molecular complexity index is 875. The Kier molecular flexibility index (Phi) is 6.01. The standard InChI is InChI=1S/C22H27ClN4O2/c1-15-24-20(14-29-2)19(13-16-3-7-18(23)8-4-16)21(25-15)26-9-11-27(12-10-26)22(28)17-5-6-17/h3-4,7-8,17H,5-6,9-14H2,1-2H3. The van der Waals surface area contributed by atoms with Gasteiger partial charge in [-0.1, -0.05) is 23.7 Å². The number of methoxy groups -OCH3 is 1. The molecule has 1 aromatic carbocycles. The molecule has 29 heavy (non-hydrogen) atoms. The lowest BCUT2D eigenvalue weighted by atomic mass is 10.0. The van der Waals surface area contributed by atoms with E-state index in [-0.39, 0.29) is 5.92 Å². The third-order valence-corrected chi connectivity index (χ3v) is 5.83. The summed E-state index contributed by atoms with van der Waals surface area (Å²) in [7, 11) is 1.69. The van der Waals surface area contributed by atoms with E-state index in [2.05, 4.69) is 9.88 Å². The van der Waals surface area contributed by atoms with E-state index >= 15 is 0 Å². The van der Waals surface area contributed by atoms with Crippen molar-refractivity contribution in [2.45, 2.75) is 32.8 Å². The first-order valence-corrected chi connectivity index (χ1v) is 10.6. The molecule has 0 spiro atoms. The van der Waals surface area contributed by atoms with E-state index in [1.807, 2.05) is 36.1 Å². The summed E-state index contributed by atoms with van der Waals surface area (Å²) in [5, 5.41) is 0.725. The number of anilines is 1. The minimum Gasteiger partial charge on any atom is -0.378 e. The Morgan fingerprint density at radius 2 is 1.83 bits per heavy atom. The number of nitrogens with zero attached hydrogens (tertiary/aromatic N) is 4. The topological polar surface area (TPSA) is 58.6 Å². The van der Waals surface area contributed by atoms with E-state index < -0.39 is 0 Å². The van der Waals surface area contributed by atoms with Crippen molar-refractivity contribution in [2.24, 2.45) is 5.92 Å². The van der Waals surface area contributed by atoms with Crippen LogP contribution in [0.4, 0.5) is 5.82 Å². The first-order valence-electron chi connectivity index (χ1n) is 10.2. The van der Waals surface area contributed by atoms with Crippen LogP contribution in [-0.4, -0.2) is 54.1 Å². The van der Waals surface area contributed by atoms with E-state index in [0.717, 1.165) is 72.5 Å². The summed E-state index contributed by atoms with van der Waals surface area (Å²) in [6.07, 6.45) is 2.82. The molecule has 1 aliphatic carbocycles. The summed E-state index contributed by atoms with van der Waals surface area (Å²) >= 11 is 6.05. The monoisotopic (exact) mass is 414 g/mol. The smallest absolute Gasteiger partial charge is 0.225 e. The van der Waals surface area contributed by atoms with Gasteiger partial charge in [-0.15, -0.1) is 0 Å². The summed E-state index contributed by atoms with van der Waals surface area (Å²) in [6.45, 7) is 5.43. The highest BCUT2D eigenvalue weighted by Crippen LogP contribution is 2.32. The molecule has 2 fully saturated rings. The van der Waals surface area contributed by atoms with Crippen molar-refractivity contribution in [3.8, 4) is 0 Å². The predicted molar refractivity (Wildman–Crippen MR) is 113 cm³/mol. The third-order valence-electron chi connectivity index (χ3n) is 5.58. The van der Waals surface area contributed by atoms with Crippen LogP contribution in [0, 0.1) is 12.8 Å². The molecule has 1 aliphatic heterocycles. The zero-order valence-corrected chi connectivity index (χ0v) is 17.8. The molecule has 7 heteroatoms. The lowest BCUT2D eigenvalue weighted by molar-refractivity contribution is -0.132. The van der Waals surface area contributed by atoms with Crippen molar-refractivity contribution in [3.05, 3.63) is 51.9 Å². The van der Waals surface area contributed by atoms with Gasteiger partial charge in [-0.3, -0.25) is 4.79 Å². The van der Waals surface area contributed by atoms with Crippen LogP contribution in [0.2, 0.25) is 5.02 Å². The molecule has 0 unspecified atom stereocenters. The fourth-order valence-electron chi connectivity index (χ4n) is 3.87. The van der Waals surface area contributed by atoms with Gasteiger partial charge in [0.05, 0.1) is 12.3 Å². The summed E-state index contributed by atoms with van der Waals surface area (Å²) in [6, 6.07) is 7.89. The molecule has 154 valence electrons. The lowest BCUT2D eigenvalue weighted by Gasteiger charge is -2.36. The molecule has 2 aliphatic rings. The molecule has 0 bridgehead atoms. The van der Waals surface area contributed by atoms with Crippen LogP contribution >= 0.6 is 11.6 Å². The van der Waals surface area contributed by atoms with Gasteiger partial charge < -0.3 is 14.5 Å². The van der Waals surface area contributed by atoms with Gasteiger partial charge in [-0.25, -0.2) is 9.97 Å². The molecule has 1 amide bonds. The molecule has 0 radical (unpaired) electrons. The van der Waals surface area contributed by atoms with Crippen molar-refractivity contribution >= 4 is 23.3 Å². The summed E-state index contributed by atoms with van der Waals surface area (Å²) in [5.41, 5.74) is 3.16. The zero-order valence-electron chi connectivity index (χ0n) is 17.0. The third kappa shape index (κ3) is 4.70. The number of carbonyl (C=O) groups excluding carboxylic acids is 1. The normalized spacial score (nSPS) is 16.9. The predicted octanol–water partition coefficient (Wildman–Crippen LogP) is 3.23. The highest BCUT2D eigenvalue weighted by molar-refractivity contribution is 6.30. The largest absolute Gasteiger partial charge is 0.378 e. The Hall–Kier alpha value is -2.18. The van der Waals surface area contributed by atoms with Crippen LogP contribution < -0.4 is 4.90 Å². The van der Waals surface area contributed by atoms with Gasteiger partial charge in [-0.05, 0) is 37.5 Å². The van der Waals surface area contributed by atoms with Gasteiger partial charge in [0.1, 0.15) is 11.6 Å². The minimum atomic E-state index is 0.275. The van der Waals surface area contributed by atoms with Crippen LogP contribution in [0.3, 0.4) is 0 Å².